The Morgan fingerprint density at radius 1 is 1.17 bits per heavy atom. The van der Waals surface area contributed by atoms with Crippen LogP contribution in [0.4, 0.5) is 0 Å². The number of nitrogens with zero attached hydrogens (tertiary/aromatic N) is 1. The smallest absolute Gasteiger partial charge is 0.251 e. The first kappa shape index (κ1) is 20.1. The Morgan fingerprint density at radius 2 is 1.97 bits per heavy atom. The van der Waals surface area contributed by atoms with Crippen LogP contribution in [0.25, 0.3) is 0 Å². The molecule has 0 unspecified atom stereocenters. The molecule has 1 aliphatic rings. The van der Waals surface area contributed by atoms with Crippen LogP contribution >= 0.6 is 0 Å². The second kappa shape index (κ2) is 9.50. The summed E-state index contributed by atoms with van der Waals surface area (Å²) in [5.41, 5.74) is 13.3. The monoisotopic (exact) mass is 388 g/mol. The van der Waals surface area contributed by atoms with Crippen LogP contribution in [0.3, 0.4) is 0 Å². The summed E-state index contributed by atoms with van der Waals surface area (Å²) < 4.78 is 0. The van der Waals surface area contributed by atoms with Crippen LogP contribution in [0.15, 0.2) is 83.1 Å². The average molecular weight is 388 g/mol. The number of primary amides is 1. The van der Waals surface area contributed by atoms with E-state index < -0.39 is 5.91 Å². The summed E-state index contributed by atoms with van der Waals surface area (Å²) in [7, 11) is 0. The summed E-state index contributed by atoms with van der Waals surface area (Å²) in [6.45, 7) is 2.33. The Hall–Kier alpha value is -3.67. The van der Waals surface area contributed by atoms with Gasteiger partial charge in [0.25, 0.3) is 5.91 Å². The van der Waals surface area contributed by atoms with Crippen molar-refractivity contribution in [3.05, 3.63) is 94.7 Å². The second-order valence-electron chi connectivity index (χ2n) is 6.70. The van der Waals surface area contributed by atoms with E-state index in [1.54, 1.807) is 18.2 Å². The van der Waals surface area contributed by atoms with Crippen molar-refractivity contribution < 1.29 is 9.59 Å². The number of hydrogen-bond donors (Lipinski definition) is 3. The number of hydrogen-bond acceptors (Lipinski definition) is 4. The molecule has 0 saturated heterocycles. The molecule has 0 atom stereocenters. The van der Waals surface area contributed by atoms with Gasteiger partial charge >= 0.3 is 0 Å². The molecule has 0 radical (unpaired) electrons. The third-order valence-corrected chi connectivity index (χ3v) is 4.62. The molecule has 6 nitrogen and oxygen atoms in total. The molecule has 6 heteroatoms. The van der Waals surface area contributed by atoms with Crippen LogP contribution in [0.5, 0.6) is 0 Å². The number of allylic oxidation sites excluding steroid dienone is 3. The molecule has 4 N–H and O–H groups in total. The molecule has 2 aromatic rings. The van der Waals surface area contributed by atoms with Gasteiger partial charge in [0.2, 0.25) is 5.91 Å². The van der Waals surface area contributed by atoms with E-state index in [0.717, 1.165) is 22.5 Å². The van der Waals surface area contributed by atoms with E-state index in [-0.39, 0.29) is 5.91 Å². The molecule has 3 rings (SSSR count). The Kier molecular flexibility index (Phi) is 6.58. The average Bonchev–Trinajstić information content (AvgIpc) is 3.22. The maximum absolute atomic E-state index is 12.2. The lowest BCUT2D eigenvalue weighted by Gasteiger charge is -2.07. The Labute approximate surface area is 170 Å². The third kappa shape index (κ3) is 5.42. The number of amides is 2. The molecule has 1 aliphatic heterocycles. The van der Waals surface area contributed by atoms with E-state index in [9.17, 15) is 9.59 Å². The molecule has 0 fully saturated rings. The van der Waals surface area contributed by atoms with Crippen molar-refractivity contribution in [3.8, 4) is 0 Å². The fourth-order valence-corrected chi connectivity index (χ4v) is 2.97. The summed E-state index contributed by atoms with van der Waals surface area (Å²) in [6, 6.07) is 17.1. The lowest BCUT2D eigenvalue weighted by molar-refractivity contribution is -0.114. The molecule has 2 amide bonds. The summed E-state index contributed by atoms with van der Waals surface area (Å²) in [6.07, 6.45) is 4.79. The Bertz CT molecular complexity index is 991. The zero-order valence-corrected chi connectivity index (χ0v) is 16.3. The van der Waals surface area contributed by atoms with Crippen molar-refractivity contribution in [1.82, 2.24) is 10.7 Å². The number of carbonyl (C=O) groups excluding carboxylic acids is 2. The van der Waals surface area contributed by atoms with E-state index in [1.165, 1.54) is 0 Å². The van der Waals surface area contributed by atoms with Crippen LogP contribution in [-0.4, -0.2) is 17.5 Å². The van der Waals surface area contributed by atoms with E-state index in [0.29, 0.717) is 30.5 Å². The summed E-state index contributed by atoms with van der Waals surface area (Å²) in [5.74, 6) is -0.511. The fourth-order valence-electron chi connectivity index (χ4n) is 2.97. The van der Waals surface area contributed by atoms with Crippen LogP contribution in [0.2, 0.25) is 0 Å². The highest BCUT2D eigenvalue weighted by Gasteiger charge is 2.14. The largest absolute Gasteiger partial charge is 0.366 e. The molecular formula is C23H24N4O2. The second-order valence-corrected chi connectivity index (χ2v) is 6.70. The fraction of sp³-hybridized carbons (Fsp3) is 0.174. The summed E-state index contributed by atoms with van der Waals surface area (Å²) in [5, 5.41) is 7.32. The Morgan fingerprint density at radius 3 is 2.69 bits per heavy atom. The number of carbonyl (C=O) groups is 2. The molecule has 0 aromatic heterocycles. The molecule has 148 valence electrons. The lowest BCUT2D eigenvalue weighted by atomic mass is 10.0. The minimum absolute atomic E-state index is 0.103. The number of benzene rings is 2. The lowest BCUT2D eigenvalue weighted by Crippen LogP contribution is -2.22. The zero-order valence-electron chi connectivity index (χ0n) is 16.3. The quantitative estimate of drug-likeness (QED) is 0.636. The number of rotatable bonds is 7. The van der Waals surface area contributed by atoms with Crippen LogP contribution in [-0.2, 0) is 11.3 Å². The first-order chi connectivity index (χ1) is 14.1. The molecule has 0 bridgehead atoms. The number of nitrogens with one attached hydrogen (secondary N) is 2. The molecule has 1 heterocycles. The van der Waals surface area contributed by atoms with Crippen molar-refractivity contribution in [3.63, 3.8) is 0 Å². The first-order valence-corrected chi connectivity index (χ1v) is 9.51. The molecule has 29 heavy (non-hydrogen) atoms. The van der Waals surface area contributed by atoms with Crippen molar-refractivity contribution in [2.75, 3.05) is 0 Å². The Balaban J connectivity index is 1.63. The standard InChI is InChI=1S/C23H24N4O2/c1-2-17(22(24)28)11-12-20-14-21(27-26-20)19-10-6-7-16(13-19)15-25-23(29)18-8-4-3-5-9-18/h3-13,26H,2,14-15H2,1H3,(H2,24,28)(H,25,29)/b17-11+,20-12+. The predicted octanol–water partition coefficient (Wildman–Crippen LogP) is 3.02. The van der Waals surface area contributed by atoms with E-state index in [4.69, 9.17) is 5.73 Å². The van der Waals surface area contributed by atoms with Gasteiger partial charge in [-0.25, -0.2) is 0 Å². The van der Waals surface area contributed by atoms with Crippen LogP contribution in [0, 0.1) is 0 Å². The maximum atomic E-state index is 12.2. The van der Waals surface area contributed by atoms with E-state index in [2.05, 4.69) is 15.8 Å². The van der Waals surface area contributed by atoms with Gasteiger partial charge < -0.3 is 11.1 Å². The topological polar surface area (TPSA) is 96.6 Å². The van der Waals surface area contributed by atoms with Crippen molar-refractivity contribution in [2.24, 2.45) is 10.8 Å². The highest BCUT2D eigenvalue weighted by molar-refractivity contribution is 6.03. The van der Waals surface area contributed by atoms with Gasteiger partial charge in [0.1, 0.15) is 0 Å². The van der Waals surface area contributed by atoms with Crippen molar-refractivity contribution >= 4 is 17.5 Å². The van der Waals surface area contributed by atoms with Gasteiger partial charge in [0, 0.05) is 29.8 Å². The SMILES string of the molecule is CC/C(=C\C=C1/CC(c2cccc(CNC(=O)c3ccccc3)c2)=NN1)C(N)=O. The molecule has 0 spiro atoms. The van der Waals surface area contributed by atoms with Gasteiger partial charge in [-0.1, -0.05) is 49.4 Å². The van der Waals surface area contributed by atoms with Crippen LogP contribution in [0.1, 0.15) is 41.3 Å². The zero-order chi connectivity index (χ0) is 20.6. The predicted molar refractivity (Wildman–Crippen MR) is 114 cm³/mol. The summed E-state index contributed by atoms with van der Waals surface area (Å²) in [4.78, 5) is 23.5. The molecule has 0 aliphatic carbocycles. The number of nitrogens with two attached hydrogens (primary N) is 1. The molecule has 2 aromatic carbocycles. The van der Waals surface area contributed by atoms with Crippen molar-refractivity contribution in [2.45, 2.75) is 26.3 Å². The third-order valence-electron chi connectivity index (χ3n) is 4.62. The minimum atomic E-state index is -0.409. The number of hydrazone groups is 1. The van der Waals surface area contributed by atoms with Gasteiger partial charge in [-0.3, -0.25) is 15.0 Å². The van der Waals surface area contributed by atoms with Gasteiger partial charge in [-0.05, 0) is 41.8 Å². The molecular weight excluding hydrogens is 364 g/mol. The molecule has 0 saturated carbocycles. The van der Waals surface area contributed by atoms with E-state index >= 15 is 0 Å². The van der Waals surface area contributed by atoms with Crippen LogP contribution < -0.4 is 16.5 Å². The normalized spacial score (nSPS) is 15.0. The van der Waals surface area contributed by atoms with Gasteiger partial charge in [-0.2, -0.15) is 5.10 Å². The highest BCUT2D eigenvalue weighted by Crippen LogP contribution is 2.17. The minimum Gasteiger partial charge on any atom is -0.366 e. The van der Waals surface area contributed by atoms with Gasteiger partial charge in [0.05, 0.1) is 5.71 Å². The van der Waals surface area contributed by atoms with E-state index in [1.807, 2.05) is 55.5 Å². The van der Waals surface area contributed by atoms with Gasteiger partial charge in [0.15, 0.2) is 0 Å². The first-order valence-electron chi connectivity index (χ1n) is 9.51. The van der Waals surface area contributed by atoms with Crippen molar-refractivity contribution in [1.29, 1.82) is 0 Å². The highest BCUT2D eigenvalue weighted by atomic mass is 16.2. The summed E-state index contributed by atoms with van der Waals surface area (Å²) >= 11 is 0. The maximum Gasteiger partial charge on any atom is 0.251 e. The van der Waals surface area contributed by atoms with Gasteiger partial charge in [-0.15, -0.1) is 0 Å².